The standard InChI is InChI=1S/C20H29N3O2/c1-16-14-23(19-7-4-3-6-18(16)19)15-20(25)22-11-8-17(9-12-22)21(2)10-5-13-24/h3-4,6-7,14,17,24H,5,8-13,15H2,1-2H3. The minimum Gasteiger partial charge on any atom is -0.396 e. The van der Waals surface area contributed by atoms with Crippen molar-refractivity contribution in [3.8, 4) is 0 Å². The van der Waals surface area contributed by atoms with Gasteiger partial charge < -0.3 is 19.5 Å². The van der Waals surface area contributed by atoms with Crippen molar-refractivity contribution in [3.05, 3.63) is 36.0 Å². The van der Waals surface area contributed by atoms with Crippen LogP contribution in [-0.2, 0) is 11.3 Å². The molecule has 1 aliphatic rings. The van der Waals surface area contributed by atoms with E-state index >= 15 is 0 Å². The summed E-state index contributed by atoms with van der Waals surface area (Å²) >= 11 is 0. The molecular weight excluding hydrogens is 314 g/mol. The summed E-state index contributed by atoms with van der Waals surface area (Å²) in [7, 11) is 2.12. The lowest BCUT2D eigenvalue weighted by Gasteiger charge is -2.36. The number of aliphatic hydroxyl groups excluding tert-OH is 1. The van der Waals surface area contributed by atoms with Crippen molar-refractivity contribution in [1.82, 2.24) is 14.4 Å². The van der Waals surface area contributed by atoms with E-state index in [1.165, 1.54) is 10.9 Å². The number of nitrogens with zero attached hydrogens (tertiary/aromatic N) is 3. The first-order chi connectivity index (χ1) is 12.1. The second-order valence-electron chi connectivity index (χ2n) is 7.13. The summed E-state index contributed by atoms with van der Waals surface area (Å²) in [5, 5.41) is 10.2. The van der Waals surface area contributed by atoms with Gasteiger partial charge in [0.15, 0.2) is 0 Å². The monoisotopic (exact) mass is 343 g/mol. The number of aryl methyl sites for hydroxylation is 1. The predicted octanol–water partition coefficient (Wildman–Crippen LogP) is 2.25. The molecule has 1 aromatic heterocycles. The van der Waals surface area contributed by atoms with Gasteiger partial charge in [0.1, 0.15) is 6.54 Å². The third-order valence-corrected chi connectivity index (χ3v) is 5.40. The average molecular weight is 343 g/mol. The molecule has 0 bridgehead atoms. The number of benzene rings is 1. The van der Waals surface area contributed by atoms with E-state index in [9.17, 15) is 4.79 Å². The fraction of sp³-hybridized carbons (Fsp3) is 0.550. The van der Waals surface area contributed by atoms with Crippen molar-refractivity contribution >= 4 is 16.8 Å². The Labute approximate surface area is 149 Å². The van der Waals surface area contributed by atoms with Gasteiger partial charge in [-0.05, 0) is 44.9 Å². The molecule has 0 radical (unpaired) electrons. The Hall–Kier alpha value is -1.85. The Morgan fingerprint density at radius 1 is 1.28 bits per heavy atom. The molecule has 2 aromatic rings. The summed E-state index contributed by atoms with van der Waals surface area (Å²) < 4.78 is 2.08. The lowest BCUT2D eigenvalue weighted by Crippen LogP contribution is -2.46. The topological polar surface area (TPSA) is 48.7 Å². The molecule has 0 spiro atoms. The molecule has 5 heteroatoms. The molecule has 0 unspecified atom stereocenters. The number of aromatic nitrogens is 1. The van der Waals surface area contributed by atoms with Gasteiger partial charge in [0, 0.05) is 49.4 Å². The number of hydrogen-bond acceptors (Lipinski definition) is 3. The number of hydrogen-bond donors (Lipinski definition) is 1. The summed E-state index contributed by atoms with van der Waals surface area (Å²) in [6.45, 7) is 5.32. The first-order valence-corrected chi connectivity index (χ1v) is 9.23. The molecule has 1 saturated heterocycles. The number of aliphatic hydroxyl groups is 1. The number of carbonyl (C=O) groups excluding carboxylic acids is 1. The fourth-order valence-electron chi connectivity index (χ4n) is 3.87. The minimum absolute atomic E-state index is 0.206. The van der Waals surface area contributed by atoms with E-state index in [4.69, 9.17) is 5.11 Å². The number of piperidine rings is 1. The molecule has 136 valence electrons. The summed E-state index contributed by atoms with van der Waals surface area (Å²) in [4.78, 5) is 17.0. The molecule has 5 nitrogen and oxygen atoms in total. The lowest BCUT2D eigenvalue weighted by atomic mass is 10.0. The Bertz CT molecular complexity index is 717. The highest BCUT2D eigenvalue weighted by atomic mass is 16.3. The molecule has 0 atom stereocenters. The Morgan fingerprint density at radius 3 is 2.72 bits per heavy atom. The van der Waals surface area contributed by atoms with Crippen LogP contribution in [0, 0.1) is 6.92 Å². The van der Waals surface area contributed by atoms with Gasteiger partial charge in [-0.15, -0.1) is 0 Å². The molecule has 1 aliphatic heterocycles. The van der Waals surface area contributed by atoms with E-state index in [1.54, 1.807) is 0 Å². The van der Waals surface area contributed by atoms with Crippen LogP contribution < -0.4 is 0 Å². The summed E-state index contributed by atoms with van der Waals surface area (Å²) in [6, 6.07) is 8.78. The van der Waals surface area contributed by atoms with E-state index in [0.29, 0.717) is 12.6 Å². The Balaban J connectivity index is 1.58. The van der Waals surface area contributed by atoms with Crippen molar-refractivity contribution in [2.75, 3.05) is 33.3 Å². The van der Waals surface area contributed by atoms with Gasteiger partial charge in [-0.25, -0.2) is 0 Å². The maximum absolute atomic E-state index is 12.7. The van der Waals surface area contributed by atoms with Crippen molar-refractivity contribution in [1.29, 1.82) is 0 Å². The van der Waals surface area contributed by atoms with Gasteiger partial charge in [-0.2, -0.15) is 0 Å². The number of likely N-dealkylation sites (tertiary alicyclic amines) is 1. The molecule has 2 heterocycles. The zero-order chi connectivity index (χ0) is 17.8. The van der Waals surface area contributed by atoms with Crippen LogP contribution in [0.3, 0.4) is 0 Å². The van der Waals surface area contributed by atoms with Crippen LogP contribution in [-0.4, -0.2) is 64.7 Å². The van der Waals surface area contributed by atoms with E-state index in [1.807, 2.05) is 17.0 Å². The van der Waals surface area contributed by atoms with E-state index in [2.05, 4.69) is 41.8 Å². The second kappa shape index (κ2) is 8.02. The molecule has 25 heavy (non-hydrogen) atoms. The lowest BCUT2D eigenvalue weighted by molar-refractivity contribution is -0.133. The quantitative estimate of drug-likeness (QED) is 0.875. The van der Waals surface area contributed by atoms with Crippen molar-refractivity contribution in [3.63, 3.8) is 0 Å². The first-order valence-electron chi connectivity index (χ1n) is 9.23. The van der Waals surface area contributed by atoms with Crippen LogP contribution in [0.1, 0.15) is 24.8 Å². The number of rotatable bonds is 6. The summed E-state index contributed by atoms with van der Waals surface area (Å²) in [6.07, 6.45) is 4.92. The van der Waals surface area contributed by atoms with Gasteiger partial charge in [-0.3, -0.25) is 4.79 Å². The third kappa shape index (κ3) is 4.05. The molecule has 3 rings (SSSR count). The molecule has 1 N–H and O–H groups in total. The molecule has 0 aliphatic carbocycles. The van der Waals surface area contributed by atoms with Crippen LogP contribution in [0.5, 0.6) is 0 Å². The average Bonchev–Trinajstić information content (AvgIpc) is 2.96. The SMILES string of the molecule is Cc1cn(CC(=O)N2CCC(N(C)CCCO)CC2)c2ccccc12. The zero-order valence-electron chi connectivity index (χ0n) is 15.3. The molecule has 1 aromatic carbocycles. The number of carbonyl (C=O) groups is 1. The maximum atomic E-state index is 12.7. The highest BCUT2D eigenvalue weighted by molar-refractivity contribution is 5.86. The molecule has 1 amide bonds. The van der Waals surface area contributed by atoms with Crippen LogP contribution in [0.2, 0.25) is 0 Å². The van der Waals surface area contributed by atoms with Crippen LogP contribution >= 0.6 is 0 Å². The normalized spacial score (nSPS) is 16.1. The first kappa shape index (κ1) is 18.0. The number of fused-ring (bicyclic) bond motifs is 1. The highest BCUT2D eigenvalue weighted by Crippen LogP contribution is 2.21. The van der Waals surface area contributed by atoms with E-state index in [0.717, 1.165) is 44.4 Å². The predicted molar refractivity (Wildman–Crippen MR) is 101 cm³/mol. The van der Waals surface area contributed by atoms with Gasteiger partial charge in [0.25, 0.3) is 0 Å². The van der Waals surface area contributed by atoms with Crippen molar-refractivity contribution in [2.24, 2.45) is 0 Å². The molecule has 1 fully saturated rings. The molecule has 0 saturated carbocycles. The smallest absolute Gasteiger partial charge is 0.242 e. The van der Waals surface area contributed by atoms with Gasteiger partial charge in [0.2, 0.25) is 5.91 Å². The van der Waals surface area contributed by atoms with E-state index in [-0.39, 0.29) is 12.5 Å². The van der Waals surface area contributed by atoms with Crippen LogP contribution in [0.25, 0.3) is 10.9 Å². The Kier molecular flexibility index (Phi) is 5.76. The maximum Gasteiger partial charge on any atom is 0.242 e. The van der Waals surface area contributed by atoms with Gasteiger partial charge in [-0.1, -0.05) is 18.2 Å². The van der Waals surface area contributed by atoms with Crippen LogP contribution in [0.4, 0.5) is 0 Å². The molecular formula is C20H29N3O2. The summed E-state index contributed by atoms with van der Waals surface area (Å²) in [5.74, 6) is 0.206. The zero-order valence-corrected chi connectivity index (χ0v) is 15.3. The highest BCUT2D eigenvalue weighted by Gasteiger charge is 2.25. The summed E-state index contributed by atoms with van der Waals surface area (Å²) in [5.41, 5.74) is 2.35. The Morgan fingerprint density at radius 2 is 2.00 bits per heavy atom. The van der Waals surface area contributed by atoms with Crippen molar-refractivity contribution in [2.45, 2.75) is 38.8 Å². The van der Waals surface area contributed by atoms with Crippen molar-refractivity contribution < 1.29 is 9.90 Å². The van der Waals surface area contributed by atoms with Crippen LogP contribution in [0.15, 0.2) is 30.5 Å². The van der Waals surface area contributed by atoms with E-state index < -0.39 is 0 Å². The van der Waals surface area contributed by atoms with Gasteiger partial charge >= 0.3 is 0 Å². The number of amides is 1. The largest absolute Gasteiger partial charge is 0.396 e. The third-order valence-electron chi connectivity index (χ3n) is 5.40. The van der Waals surface area contributed by atoms with Gasteiger partial charge in [0.05, 0.1) is 0 Å². The minimum atomic E-state index is 0.206. The fourth-order valence-corrected chi connectivity index (χ4v) is 3.87. The second-order valence-corrected chi connectivity index (χ2v) is 7.13. The number of para-hydroxylation sites is 1.